The Morgan fingerprint density at radius 2 is 2.35 bits per heavy atom. The van der Waals surface area contributed by atoms with Crippen molar-refractivity contribution < 1.29 is 9.47 Å². The Labute approximate surface area is 122 Å². The Morgan fingerprint density at radius 3 is 3.15 bits per heavy atom. The largest absolute Gasteiger partial charge is 0.383 e. The zero-order valence-electron chi connectivity index (χ0n) is 11.7. The number of amidine groups is 1. The average molecular weight is 296 g/mol. The lowest BCUT2D eigenvalue weighted by Crippen LogP contribution is -2.34. The summed E-state index contributed by atoms with van der Waals surface area (Å²) < 4.78 is 12.3. The summed E-state index contributed by atoms with van der Waals surface area (Å²) in [6.45, 7) is 3.08. The second-order valence-electron chi connectivity index (χ2n) is 5.15. The van der Waals surface area contributed by atoms with Gasteiger partial charge in [0.05, 0.1) is 30.6 Å². The number of aliphatic imine (C=N–C) groups is 1. The molecule has 0 saturated carbocycles. The van der Waals surface area contributed by atoms with Crippen LogP contribution in [0.3, 0.4) is 0 Å². The predicted molar refractivity (Wildman–Crippen MR) is 80.4 cm³/mol. The molecule has 2 aliphatic heterocycles. The first-order chi connectivity index (χ1) is 9.80. The van der Waals surface area contributed by atoms with Crippen molar-refractivity contribution in [1.82, 2.24) is 9.78 Å². The van der Waals surface area contributed by atoms with Crippen LogP contribution in [0.2, 0.25) is 0 Å². The number of thioether (sulfide) groups is 1. The van der Waals surface area contributed by atoms with Crippen molar-refractivity contribution >= 4 is 22.6 Å². The summed E-state index contributed by atoms with van der Waals surface area (Å²) in [4.78, 5) is 4.87. The highest BCUT2D eigenvalue weighted by atomic mass is 32.2. The molecule has 3 rings (SSSR count). The van der Waals surface area contributed by atoms with Crippen molar-refractivity contribution in [3.05, 3.63) is 12.4 Å². The van der Waals surface area contributed by atoms with Gasteiger partial charge < -0.3 is 14.8 Å². The third-order valence-electron chi connectivity index (χ3n) is 3.65. The molecule has 1 fully saturated rings. The first-order valence-corrected chi connectivity index (χ1v) is 7.87. The minimum atomic E-state index is 0.0945. The Morgan fingerprint density at radius 1 is 1.50 bits per heavy atom. The molecule has 1 spiro atoms. The fourth-order valence-electron chi connectivity index (χ4n) is 2.41. The van der Waals surface area contributed by atoms with Gasteiger partial charge in [-0.3, -0.25) is 9.67 Å². The molecule has 0 radical (unpaired) electrons. The van der Waals surface area contributed by atoms with Gasteiger partial charge in [-0.05, 0) is 12.8 Å². The van der Waals surface area contributed by atoms with E-state index in [2.05, 4.69) is 10.4 Å². The van der Waals surface area contributed by atoms with Gasteiger partial charge >= 0.3 is 0 Å². The number of aromatic nitrogens is 2. The molecule has 0 amide bonds. The van der Waals surface area contributed by atoms with Gasteiger partial charge in [-0.25, -0.2) is 0 Å². The molecule has 1 aromatic rings. The second-order valence-corrected chi connectivity index (χ2v) is 6.12. The van der Waals surface area contributed by atoms with E-state index in [0.717, 1.165) is 49.2 Å². The number of hydrogen-bond acceptors (Lipinski definition) is 6. The van der Waals surface area contributed by atoms with Gasteiger partial charge in [-0.2, -0.15) is 5.10 Å². The predicted octanol–water partition coefficient (Wildman–Crippen LogP) is 1.59. The maximum Gasteiger partial charge on any atom is 0.161 e. The molecular formula is C13H20N4O2S. The number of nitrogens with zero attached hydrogens (tertiary/aromatic N) is 3. The van der Waals surface area contributed by atoms with Crippen LogP contribution in [0.15, 0.2) is 17.4 Å². The van der Waals surface area contributed by atoms with Crippen molar-refractivity contribution in [3.8, 4) is 0 Å². The standard InChI is InChI=1S/C13H20N4O2S/c1-18-7-4-17-9-11(8-14-17)15-12-16-13(10-20-12)2-5-19-6-3-13/h8-9H,2-7,10H2,1H3,(H,15,16). The summed E-state index contributed by atoms with van der Waals surface area (Å²) in [6.07, 6.45) is 5.86. The molecule has 0 bridgehead atoms. The first kappa shape index (κ1) is 13.9. The van der Waals surface area contributed by atoms with Crippen LogP contribution in [0.25, 0.3) is 0 Å². The van der Waals surface area contributed by atoms with Gasteiger partial charge in [-0.15, -0.1) is 0 Å². The van der Waals surface area contributed by atoms with E-state index in [4.69, 9.17) is 14.5 Å². The molecule has 3 heterocycles. The van der Waals surface area contributed by atoms with E-state index in [9.17, 15) is 0 Å². The molecule has 1 saturated heterocycles. The molecule has 0 aromatic carbocycles. The zero-order valence-corrected chi connectivity index (χ0v) is 12.5. The van der Waals surface area contributed by atoms with E-state index in [1.807, 2.05) is 17.1 Å². The number of rotatable bonds is 4. The molecular weight excluding hydrogens is 276 g/mol. The molecule has 1 aromatic heterocycles. The average Bonchev–Trinajstić information content (AvgIpc) is 3.06. The number of hydrogen-bond donors (Lipinski definition) is 1. The molecule has 20 heavy (non-hydrogen) atoms. The number of anilines is 1. The van der Waals surface area contributed by atoms with Crippen LogP contribution >= 0.6 is 11.8 Å². The van der Waals surface area contributed by atoms with Gasteiger partial charge in [-0.1, -0.05) is 11.8 Å². The Kier molecular flexibility index (Phi) is 4.28. The number of ether oxygens (including phenoxy) is 2. The summed E-state index contributed by atoms with van der Waals surface area (Å²) in [5.41, 5.74) is 1.08. The number of nitrogens with one attached hydrogen (secondary N) is 1. The molecule has 7 heteroatoms. The topological polar surface area (TPSA) is 60.7 Å². The monoisotopic (exact) mass is 296 g/mol. The second kappa shape index (κ2) is 6.15. The molecule has 6 nitrogen and oxygen atoms in total. The summed E-state index contributed by atoms with van der Waals surface area (Å²) in [6, 6.07) is 0. The lowest BCUT2D eigenvalue weighted by Gasteiger charge is -2.29. The third kappa shape index (κ3) is 3.16. The normalized spacial score (nSPS) is 21.1. The third-order valence-corrected chi connectivity index (χ3v) is 4.80. The van der Waals surface area contributed by atoms with Gasteiger partial charge in [0.2, 0.25) is 0 Å². The molecule has 0 unspecified atom stereocenters. The Balaban J connectivity index is 1.60. The van der Waals surface area contributed by atoms with Gasteiger partial charge in [0.15, 0.2) is 5.17 Å². The van der Waals surface area contributed by atoms with Gasteiger partial charge in [0.25, 0.3) is 0 Å². The Bertz CT molecular complexity index is 482. The van der Waals surface area contributed by atoms with Crippen molar-refractivity contribution in [2.45, 2.75) is 24.9 Å². The van der Waals surface area contributed by atoms with Gasteiger partial charge in [0.1, 0.15) is 0 Å². The summed E-state index contributed by atoms with van der Waals surface area (Å²) >= 11 is 1.79. The summed E-state index contributed by atoms with van der Waals surface area (Å²) in [5, 5.41) is 8.65. The van der Waals surface area contributed by atoms with E-state index in [1.54, 1.807) is 18.9 Å². The molecule has 2 aliphatic rings. The Hall–Kier alpha value is -1.05. The van der Waals surface area contributed by atoms with Crippen molar-refractivity contribution in [3.63, 3.8) is 0 Å². The van der Waals surface area contributed by atoms with E-state index in [0.29, 0.717) is 6.61 Å². The van der Waals surface area contributed by atoms with Crippen LogP contribution in [0.1, 0.15) is 12.8 Å². The van der Waals surface area contributed by atoms with Crippen LogP contribution in [-0.4, -0.2) is 53.2 Å². The minimum Gasteiger partial charge on any atom is -0.383 e. The molecule has 1 N–H and O–H groups in total. The fourth-order valence-corrected chi connectivity index (χ4v) is 3.62. The highest BCUT2D eigenvalue weighted by Crippen LogP contribution is 2.36. The minimum absolute atomic E-state index is 0.0945. The highest BCUT2D eigenvalue weighted by Gasteiger charge is 2.37. The lowest BCUT2D eigenvalue weighted by molar-refractivity contribution is 0.0624. The highest BCUT2D eigenvalue weighted by molar-refractivity contribution is 8.14. The van der Waals surface area contributed by atoms with Crippen LogP contribution < -0.4 is 5.32 Å². The smallest absolute Gasteiger partial charge is 0.161 e. The van der Waals surface area contributed by atoms with Crippen LogP contribution in [0.5, 0.6) is 0 Å². The van der Waals surface area contributed by atoms with Crippen molar-refractivity contribution in [2.24, 2.45) is 4.99 Å². The summed E-state index contributed by atoms with van der Waals surface area (Å²) in [5.74, 6) is 1.05. The van der Waals surface area contributed by atoms with Crippen LogP contribution in [0, 0.1) is 0 Å². The maximum absolute atomic E-state index is 5.43. The molecule has 110 valence electrons. The fraction of sp³-hybridized carbons (Fsp3) is 0.692. The van der Waals surface area contributed by atoms with Crippen molar-refractivity contribution in [1.29, 1.82) is 0 Å². The summed E-state index contributed by atoms with van der Waals surface area (Å²) in [7, 11) is 1.69. The zero-order chi connectivity index (χ0) is 13.8. The van der Waals surface area contributed by atoms with E-state index in [-0.39, 0.29) is 5.54 Å². The quantitative estimate of drug-likeness (QED) is 0.914. The number of methoxy groups -OCH3 is 1. The van der Waals surface area contributed by atoms with E-state index in [1.165, 1.54) is 0 Å². The molecule has 0 aliphatic carbocycles. The van der Waals surface area contributed by atoms with E-state index < -0.39 is 0 Å². The van der Waals surface area contributed by atoms with Gasteiger partial charge in [0, 0.05) is 32.3 Å². The SMILES string of the molecule is COCCn1cc(NC2=NC3(CCOCC3)CS2)cn1. The van der Waals surface area contributed by atoms with Crippen LogP contribution in [-0.2, 0) is 16.0 Å². The first-order valence-electron chi connectivity index (χ1n) is 6.88. The van der Waals surface area contributed by atoms with Crippen LogP contribution in [0.4, 0.5) is 5.69 Å². The van der Waals surface area contributed by atoms with E-state index >= 15 is 0 Å². The maximum atomic E-state index is 5.43. The van der Waals surface area contributed by atoms with Crippen molar-refractivity contribution in [2.75, 3.05) is 38.0 Å². The lowest BCUT2D eigenvalue weighted by atomic mass is 9.93. The molecule has 0 atom stereocenters.